The van der Waals surface area contributed by atoms with Gasteiger partial charge in [0.1, 0.15) is 19.2 Å². The molecule has 0 radical (unpaired) electrons. The molecule has 0 atom stereocenters. The van der Waals surface area contributed by atoms with Gasteiger partial charge in [0.05, 0.1) is 5.56 Å². The summed E-state index contributed by atoms with van der Waals surface area (Å²) < 4.78 is 32.0. The van der Waals surface area contributed by atoms with Gasteiger partial charge in [0.15, 0.2) is 5.71 Å². The number of nitrogens with one attached hydrogen (secondary N) is 1. The second-order valence-electron chi connectivity index (χ2n) is 4.08. The highest BCUT2D eigenvalue weighted by Gasteiger charge is 2.20. The van der Waals surface area contributed by atoms with Crippen LogP contribution in [0.4, 0.5) is 8.78 Å². The number of rotatable bonds is 5. The molecule has 0 aliphatic carbocycles. The number of hydrogen-bond acceptors (Lipinski definition) is 6. The van der Waals surface area contributed by atoms with Crippen molar-refractivity contribution < 1.29 is 23.1 Å². The van der Waals surface area contributed by atoms with E-state index in [1.165, 1.54) is 26.3 Å². The van der Waals surface area contributed by atoms with Crippen LogP contribution in [0.3, 0.4) is 0 Å². The number of ether oxygens (including phenoxy) is 1. The monoisotopic (exact) mass is 322 g/mol. The van der Waals surface area contributed by atoms with E-state index < -0.39 is 23.6 Å². The lowest BCUT2D eigenvalue weighted by atomic mass is 10.1. The van der Waals surface area contributed by atoms with E-state index in [9.17, 15) is 13.6 Å². The summed E-state index contributed by atoms with van der Waals surface area (Å²) in [6.45, 7) is 0. The molecule has 0 bridgehead atoms. The van der Waals surface area contributed by atoms with Gasteiger partial charge in [-0.3, -0.25) is 4.79 Å². The molecule has 0 unspecified atom stereocenters. The second kappa shape index (κ2) is 7.25. The topological polar surface area (TPSA) is 85.7 Å². The number of hydrogen-bond donors (Lipinski definition) is 1. The van der Waals surface area contributed by atoms with Crippen molar-refractivity contribution >= 4 is 11.6 Å². The Morgan fingerprint density at radius 1 is 1.26 bits per heavy atom. The molecule has 1 heterocycles. The Balaban J connectivity index is 2.47. The zero-order valence-electron chi connectivity index (χ0n) is 12.2. The van der Waals surface area contributed by atoms with Crippen LogP contribution in [0.25, 0.3) is 0 Å². The van der Waals surface area contributed by atoms with Gasteiger partial charge in [0.2, 0.25) is 5.82 Å². The smallest absolute Gasteiger partial charge is 0.273 e. The Hall–Kier alpha value is -3.10. The molecule has 1 aromatic heterocycles. The highest BCUT2D eigenvalue weighted by Crippen LogP contribution is 2.26. The maximum Gasteiger partial charge on any atom is 0.273 e. The molecule has 1 amide bonds. The molecule has 0 spiro atoms. The van der Waals surface area contributed by atoms with Gasteiger partial charge in [0, 0.05) is 7.05 Å². The van der Waals surface area contributed by atoms with Crippen molar-refractivity contribution in [1.29, 1.82) is 0 Å². The molecule has 1 N–H and O–H groups in total. The lowest BCUT2D eigenvalue weighted by molar-refractivity contribution is -0.114. The van der Waals surface area contributed by atoms with E-state index in [4.69, 9.17) is 4.74 Å². The molecule has 7 nitrogen and oxygen atoms in total. The predicted molar refractivity (Wildman–Crippen MR) is 76.1 cm³/mol. The zero-order chi connectivity index (χ0) is 16.8. The Kier molecular flexibility index (Phi) is 5.13. The fraction of sp³-hybridized carbons (Fsp3) is 0.143. The molecule has 1 aromatic carbocycles. The van der Waals surface area contributed by atoms with Crippen LogP contribution < -0.4 is 10.1 Å². The van der Waals surface area contributed by atoms with Gasteiger partial charge in [0.25, 0.3) is 17.7 Å². The van der Waals surface area contributed by atoms with E-state index in [-0.39, 0.29) is 17.0 Å². The van der Waals surface area contributed by atoms with Gasteiger partial charge < -0.3 is 14.9 Å². The number of amides is 1. The number of benzene rings is 1. The van der Waals surface area contributed by atoms with Crippen LogP contribution in [0, 0.1) is 11.8 Å². The first-order valence-electron chi connectivity index (χ1n) is 6.35. The van der Waals surface area contributed by atoms with E-state index in [0.29, 0.717) is 0 Å². The first-order valence-corrected chi connectivity index (χ1v) is 6.35. The average molecular weight is 322 g/mol. The van der Waals surface area contributed by atoms with Crippen molar-refractivity contribution in [3.8, 4) is 11.6 Å². The Morgan fingerprint density at radius 3 is 2.70 bits per heavy atom. The van der Waals surface area contributed by atoms with Gasteiger partial charge in [-0.1, -0.05) is 17.3 Å². The first kappa shape index (κ1) is 16.3. The van der Waals surface area contributed by atoms with E-state index >= 15 is 0 Å². The summed E-state index contributed by atoms with van der Waals surface area (Å²) in [5.74, 6) is -3.79. The molecule has 0 saturated carbocycles. The van der Waals surface area contributed by atoms with Gasteiger partial charge in [-0.2, -0.15) is 13.8 Å². The summed E-state index contributed by atoms with van der Waals surface area (Å²) in [4.78, 5) is 23.1. The third kappa shape index (κ3) is 3.57. The number of aromatic nitrogens is 2. The van der Waals surface area contributed by atoms with Crippen LogP contribution in [0.1, 0.15) is 5.56 Å². The van der Waals surface area contributed by atoms with Crippen molar-refractivity contribution in [3.63, 3.8) is 0 Å². The summed E-state index contributed by atoms with van der Waals surface area (Å²) in [5.41, 5.74) is 0.118. The largest absolute Gasteiger partial charge is 0.436 e. The van der Waals surface area contributed by atoms with E-state index in [1.807, 2.05) is 0 Å². The number of likely N-dealkylation sites (N-methyl/N-ethyl adjacent to an activating group) is 1. The van der Waals surface area contributed by atoms with Crippen molar-refractivity contribution in [2.75, 3.05) is 14.2 Å². The highest BCUT2D eigenvalue weighted by atomic mass is 19.2. The molecule has 0 fully saturated rings. The molecule has 2 aromatic rings. The van der Waals surface area contributed by atoms with Crippen LogP contribution in [-0.4, -0.2) is 35.7 Å². The maximum atomic E-state index is 13.6. The number of para-hydroxylation sites is 1. The number of oxime groups is 1. The van der Waals surface area contributed by atoms with Crippen molar-refractivity contribution in [2.45, 2.75) is 0 Å². The minimum absolute atomic E-state index is 0.0453. The third-order valence-electron chi connectivity index (χ3n) is 2.69. The van der Waals surface area contributed by atoms with Crippen LogP contribution in [0.2, 0.25) is 0 Å². The first-order chi connectivity index (χ1) is 11.1. The summed E-state index contributed by atoms with van der Waals surface area (Å²) in [6, 6.07) is 6.16. The standard InChI is InChI=1S/C14H12F2N4O3/c1-17-13(21)11(20-22-2)8-5-3-4-6-9(8)23-14-10(15)12(16)18-7-19-14/h3-7H,1-2H3,(H,17,21)/b20-11-. The minimum Gasteiger partial charge on any atom is -0.436 e. The van der Waals surface area contributed by atoms with E-state index in [2.05, 4.69) is 25.3 Å². The van der Waals surface area contributed by atoms with Crippen LogP contribution in [0.5, 0.6) is 11.6 Å². The third-order valence-corrected chi connectivity index (χ3v) is 2.69. The van der Waals surface area contributed by atoms with Crippen molar-refractivity contribution in [2.24, 2.45) is 5.16 Å². The predicted octanol–water partition coefficient (Wildman–Crippen LogP) is 1.64. The summed E-state index contributed by atoms with van der Waals surface area (Å²) in [5, 5.41) is 6.03. The molecule has 0 aliphatic heterocycles. The Labute approximate surface area is 130 Å². The Morgan fingerprint density at radius 2 is 2.00 bits per heavy atom. The zero-order valence-corrected chi connectivity index (χ0v) is 12.2. The fourth-order valence-corrected chi connectivity index (χ4v) is 1.68. The Bertz CT molecular complexity index is 753. The molecule has 120 valence electrons. The van der Waals surface area contributed by atoms with Crippen LogP contribution >= 0.6 is 0 Å². The number of nitrogens with zero attached hydrogens (tertiary/aromatic N) is 3. The highest BCUT2D eigenvalue weighted by molar-refractivity contribution is 6.45. The lowest BCUT2D eigenvalue weighted by Crippen LogP contribution is -2.28. The molecule has 0 aliphatic rings. The minimum atomic E-state index is -1.34. The normalized spacial score (nSPS) is 11.0. The molecule has 9 heteroatoms. The van der Waals surface area contributed by atoms with Crippen molar-refractivity contribution in [1.82, 2.24) is 15.3 Å². The average Bonchev–Trinajstić information content (AvgIpc) is 2.57. The summed E-state index contributed by atoms with van der Waals surface area (Å²) in [7, 11) is 2.68. The van der Waals surface area contributed by atoms with Gasteiger partial charge in [-0.05, 0) is 12.1 Å². The quantitative estimate of drug-likeness (QED) is 0.514. The van der Waals surface area contributed by atoms with Gasteiger partial charge in [-0.15, -0.1) is 0 Å². The van der Waals surface area contributed by atoms with E-state index in [1.54, 1.807) is 12.1 Å². The number of halogens is 2. The second-order valence-corrected chi connectivity index (χ2v) is 4.08. The maximum absolute atomic E-state index is 13.6. The SMILES string of the molecule is CNC(=O)/C(=N\OC)c1ccccc1Oc1ncnc(F)c1F. The molecule has 23 heavy (non-hydrogen) atoms. The van der Waals surface area contributed by atoms with Crippen LogP contribution in [-0.2, 0) is 9.63 Å². The fourth-order valence-electron chi connectivity index (χ4n) is 1.68. The van der Waals surface area contributed by atoms with Crippen LogP contribution in [0.15, 0.2) is 35.7 Å². The summed E-state index contributed by atoms with van der Waals surface area (Å²) >= 11 is 0. The van der Waals surface area contributed by atoms with Gasteiger partial charge in [-0.25, -0.2) is 4.98 Å². The molecular formula is C14H12F2N4O3. The van der Waals surface area contributed by atoms with Gasteiger partial charge >= 0.3 is 0 Å². The molecule has 2 rings (SSSR count). The molecular weight excluding hydrogens is 310 g/mol. The molecule has 0 saturated heterocycles. The number of carbonyl (C=O) groups is 1. The number of carbonyl (C=O) groups excluding carboxylic acids is 1. The summed E-state index contributed by atoms with van der Waals surface area (Å²) in [6.07, 6.45) is 0.819. The van der Waals surface area contributed by atoms with Crippen molar-refractivity contribution in [3.05, 3.63) is 47.9 Å². The lowest BCUT2D eigenvalue weighted by Gasteiger charge is -2.11. The van der Waals surface area contributed by atoms with E-state index in [0.717, 1.165) is 6.33 Å².